The maximum Gasteiger partial charge on any atom is 0.252 e. The highest BCUT2D eigenvalue weighted by Gasteiger charge is 2.42. The van der Waals surface area contributed by atoms with E-state index in [-0.39, 0.29) is 11.9 Å². The van der Waals surface area contributed by atoms with Crippen LogP contribution in [0.15, 0.2) is 79.0 Å². The van der Waals surface area contributed by atoms with E-state index < -0.39 is 5.54 Å². The number of rotatable bonds is 5. The van der Waals surface area contributed by atoms with E-state index in [1.165, 1.54) is 0 Å². The summed E-state index contributed by atoms with van der Waals surface area (Å²) in [5.41, 5.74) is 8.91. The van der Waals surface area contributed by atoms with E-state index in [0.29, 0.717) is 26.2 Å². The van der Waals surface area contributed by atoms with Crippen molar-refractivity contribution in [3.8, 4) is 6.07 Å². The molecule has 0 aliphatic carbocycles. The van der Waals surface area contributed by atoms with Crippen LogP contribution >= 0.6 is 0 Å². The summed E-state index contributed by atoms with van der Waals surface area (Å²) in [5.74, 6) is -0.124. The Kier molecular flexibility index (Phi) is 6.31. The van der Waals surface area contributed by atoms with E-state index >= 15 is 0 Å². The zero-order chi connectivity index (χ0) is 22.6. The van der Waals surface area contributed by atoms with E-state index in [4.69, 9.17) is 5.73 Å². The normalized spacial score (nSPS) is 15.7. The fourth-order valence-electron chi connectivity index (χ4n) is 4.38. The largest absolute Gasteiger partial charge is 0.338 e. The fraction of sp³-hybridized carbons (Fsp3) is 0.269. The van der Waals surface area contributed by atoms with Gasteiger partial charge < -0.3 is 10.6 Å². The lowest BCUT2D eigenvalue weighted by Crippen LogP contribution is -2.58. The number of nitrogens with two attached hydrogens (primary N) is 1. The summed E-state index contributed by atoms with van der Waals surface area (Å²) in [4.78, 5) is 22.1. The highest BCUT2D eigenvalue weighted by atomic mass is 16.2. The van der Waals surface area contributed by atoms with Crippen LogP contribution in [0, 0.1) is 18.3 Å². The second-order valence-corrected chi connectivity index (χ2v) is 8.08. The van der Waals surface area contributed by atoms with Crippen LogP contribution in [0.5, 0.6) is 0 Å². The summed E-state index contributed by atoms with van der Waals surface area (Å²) in [7, 11) is 0. The lowest BCUT2D eigenvalue weighted by atomic mass is 9.82. The molecule has 32 heavy (non-hydrogen) atoms. The van der Waals surface area contributed by atoms with Gasteiger partial charge in [-0.2, -0.15) is 5.26 Å². The van der Waals surface area contributed by atoms with Gasteiger partial charge in [-0.25, -0.2) is 0 Å². The molecule has 3 aromatic rings. The molecule has 6 nitrogen and oxygen atoms in total. The summed E-state index contributed by atoms with van der Waals surface area (Å²) in [6, 6.07) is 24.9. The van der Waals surface area contributed by atoms with Crippen molar-refractivity contribution < 1.29 is 4.79 Å². The molecule has 0 spiro atoms. The quantitative estimate of drug-likeness (QED) is 0.679. The lowest BCUT2D eigenvalue weighted by molar-refractivity contribution is -0.137. The molecule has 1 aliphatic rings. The van der Waals surface area contributed by atoms with Gasteiger partial charge in [-0.15, -0.1) is 0 Å². The number of hydrogen-bond donors (Lipinski definition) is 1. The molecule has 1 aromatic heterocycles. The maximum atomic E-state index is 13.8. The van der Waals surface area contributed by atoms with E-state index in [1.54, 1.807) is 6.20 Å². The number of hydrogen-bond acceptors (Lipinski definition) is 5. The third-order valence-corrected chi connectivity index (χ3v) is 6.23. The molecule has 6 heteroatoms. The van der Waals surface area contributed by atoms with Gasteiger partial charge in [0.2, 0.25) is 0 Å². The van der Waals surface area contributed by atoms with Crippen LogP contribution in [0.4, 0.5) is 0 Å². The van der Waals surface area contributed by atoms with Gasteiger partial charge in [0.15, 0.2) is 0 Å². The van der Waals surface area contributed by atoms with Crippen LogP contribution in [0.25, 0.3) is 0 Å². The molecule has 1 fully saturated rings. The summed E-state index contributed by atoms with van der Waals surface area (Å²) in [6.07, 6.45) is 1.73. The minimum absolute atomic E-state index is 0.124. The molecule has 2 heterocycles. The molecular formula is C26H27N5O. The van der Waals surface area contributed by atoms with Crippen molar-refractivity contribution in [3.63, 3.8) is 0 Å². The number of benzene rings is 2. The molecule has 0 radical (unpaired) electrons. The van der Waals surface area contributed by atoms with Crippen LogP contribution in [-0.4, -0.2) is 46.9 Å². The Balaban J connectivity index is 1.56. The van der Waals surface area contributed by atoms with Crippen molar-refractivity contribution in [2.75, 3.05) is 26.2 Å². The fourth-order valence-corrected chi connectivity index (χ4v) is 4.38. The molecule has 2 aromatic carbocycles. The topological polar surface area (TPSA) is 86.2 Å². The Bertz CT molecular complexity index is 1060. The predicted molar refractivity (Wildman–Crippen MR) is 123 cm³/mol. The summed E-state index contributed by atoms with van der Waals surface area (Å²) in [6.45, 7) is 4.13. The van der Waals surface area contributed by atoms with Crippen molar-refractivity contribution >= 4 is 5.91 Å². The van der Waals surface area contributed by atoms with Crippen LogP contribution in [0.3, 0.4) is 0 Å². The lowest BCUT2D eigenvalue weighted by Gasteiger charge is -2.41. The number of amides is 1. The van der Waals surface area contributed by atoms with E-state index in [1.807, 2.05) is 84.6 Å². The molecule has 162 valence electrons. The molecular weight excluding hydrogens is 398 g/mol. The van der Waals surface area contributed by atoms with Crippen LogP contribution in [0.2, 0.25) is 0 Å². The van der Waals surface area contributed by atoms with Gasteiger partial charge in [-0.3, -0.25) is 14.7 Å². The molecule has 4 rings (SSSR count). The first-order chi connectivity index (χ1) is 15.6. The first-order valence-electron chi connectivity index (χ1n) is 10.8. The molecule has 0 bridgehead atoms. The predicted octanol–water partition coefficient (Wildman–Crippen LogP) is 3.00. The summed E-state index contributed by atoms with van der Waals surface area (Å²) < 4.78 is 0. The average Bonchev–Trinajstić information content (AvgIpc) is 2.86. The molecule has 1 aliphatic heterocycles. The number of carbonyl (C=O) groups is 1. The zero-order valence-corrected chi connectivity index (χ0v) is 18.2. The highest BCUT2D eigenvalue weighted by molar-refractivity contribution is 5.91. The van der Waals surface area contributed by atoms with Crippen molar-refractivity contribution in [2.45, 2.75) is 18.5 Å². The van der Waals surface area contributed by atoms with Crippen molar-refractivity contribution in [3.05, 3.63) is 101 Å². The minimum atomic E-state index is -1.26. The number of piperazine rings is 1. The standard InChI is InChI=1S/C26H27N5O/c1-20-23(13-8-14-29-20)24(19-27)30-15-17-31(18-16-30)25(32)26(28,21-9-4-2-5-10-21)22-11-6-3-7-12-22/h2-14,24H,15-18,28H2,1H3. The van der Waals surface area contributed by atoms with Gasteiger partial charge >= 0.3 is 0 Å². The Morgan fingerprint density at radius 1 is 0.969 bits per heavy atom. The Morgan fingerprint density at radius 2 is 1.53 bits per heavy atom. The number of nitriles is 1. The molecule has 1 unspecified atom stereocenters. The Morgan fingerprint density at radius 3 is 2.03 bits per heavy atom. The van der Waals surface area contributed by atoms with Crippen LogP contribution in [0.1, 0.15) is 28.4 Å². The van der Waals surface area contributed by atoms with E-state index in [9.17, 15) is 10.1 Å². The summed E-state index contributed by atoms with van der Waals surface area (Å²) >= 11 is 0. The van der Waals surface area contributed by atoms with Gasteiger partial charge in [-0.05, 0) is 24.1 Å². The SMILES string of the molecule is Cc1ncccc1C(C#N)N1CCN(C(=O)C(N)(c2ccccc2)c2ccccc2)CC1. The number of carbonyl (C=O) groups excluding carboxylic acids is 1. The van der Waals surface area contributed by atoms with E-state index in [0.717, 1.165) is 22.4 Å². The van der Waals surface area contributed by atoms with Gasteiger partial charge in [0, 0.05) is 43.6 Å². The summed E-state index contributed by atoms with van der Waals surface area (Å²) in [5, 5.41) is 9.84. The number of pyridine rings is 1. The van der Waals surface area contributed by atoms with Gasteiger partial charge in [0.1, 0.15) is 11.6 Å². The molecule has 1 amide bonds. The second-order valence-electron chi connectivity index (χ2n) is 8.08. The average molecular weight is 426 g/mol. The maximum absolute atomic E-state index is 13.8. The van der Waals surface area contributed by atoms with E-state index in [2.05, 4.69) is 16.0 Å². The van der Waals surface area contributed by atoms with Gasteiger partial charge in [0.25, 0.3) is 5.91 Å². The van der Waals surface area contributed by atoms with Crippen molar-refractivity contribution in [1.82, 2.24) is 14.8 Å². The molecule has 1 atom stereocenters. The van der Waals surface area contributed by atoms with Crippen LogP contribution in [-0.2, 0) is 10.3 Å². The highest BCUT2D eigenvalue weighted by Crippen LogP contribution is 2.31. The molecule has 0 saturated carbocycles. The monoisotopic (exact) mass is 425 g/mol. The van der Waals surface area contributed by atoms with Crippen LogP contribution < -0.4 is 5.73 Å². The molecule has 1 saturated heterocycles. The van der Waals surface area contributed by atoms with Gasteiger partial charge in [-0.1, -0.05) is 66.7 Å². The van der Waals surface area contributed by atoms with Gasteiger partial charge in [0.05, 0.1) is 6.07 Å². The first kappa shape index (κ1) is 21.7. The Labute approximate surface area is 188 Å². The number of aromatic nitrogens is 1. The third kappa shape index (κ3) is 4.01. The first-order valence-corrected chi connectivity index (χ1v) is 10.8. The number of aryl methyl sites for hydroxylation is 1. The second kappa shape index (κ2) is 9.31. The Hall–Kier alpha value is -3.53. The van der Waals surface area contributed by atoms with Crippen molar-refractivity contribution in [1.29, 1.82) is 5.26 Å². The minimum Gasteiger partial charge on any atom is -0.338 e. The molecule has 2 N–H and O–H groups in total. The number of nitrogens with zero attached hydrogens (tertiary/aromatic N) is 4. The smallest absolute Gasteiger partial charge is 0.252 e. The van der Waals surface area contributed by atoms with Crippen molar-refractivity contribution in [2.24, 2.45) is 5.73 Å². The third-order valence-electron chi connectivity index (χ3n) is 6.23. The zero-order valence-electron chi connectivity index (χ0n) is 18.2.